The first-order chi connectivity index (χ1) is 13.6. The van der Waals surface area contributed by atoms with Crippen molar-refractivity contribution in [1.82, 2.24) is 24.8 Å². The van der Waals surface area contributed by atoms with Crippen molar-refractivity contribution in [2.75, 3.05) is 13.6 Å². The van der Waals surface area contributed by atoms with Gasteiger partial charge in [0.1, 0.15) is 5.82 Å². The fourth-order valence-electron chi connectivity index (χ4n) is 3.57. The smallest absolute Gasteiger partial charge is 0.255 e. The quantitative estimate of drug-likeness (QED) is 0.696. The number of fused-ring (bicyclic) bond motifs is 1. The van der Waals surface area contributed by atoms with Crippen LogP contribution in [-0.2, 0) is 32.5 Å². The van der Waals surface area contributed by atoms with Crippen LogP contribution in [-0.4, -0.2) is 44.3 Å². The van der Waals surface area contributed by atoms with E-state index in [2.05, 4.69) is 38.9 Å². The summed E-state index contributed by atoms with van der Waals surface area (Å²) in [6.07, 6.45) is 7.38. The van der Waals surface area contributed by atoms with Crippen molar-refractivity contribution in [3.8, 4) is 0 Å². The maximum absolute atomic E-state index is 12.9. The number of thiophene rings is 1. The second-order valence-electron chi connectivity index (χ2n) is 7.22. The van der Waals surface area contributed by atoms with E-state index in [1.54, 1.807) is 28.6 Å². The highest BCUT2D eigenvalue weighted by atomic mass is 32.1. The summed E-state index contributed by atoms with van der Waals surface area (Å²) in [6.45, 7) is 5.31. The summed E-state index contributed by atoms with van der Waals surface area (Å²) in [6, 6.07) is 4.29. The van der Waals surface area contributed by atoms with Gasteiger partial charge in [-0.05, 0) is 30.0 Å². The van der Waals surface area contributed by atoms with Gasteiger partial charge in [-0.3, -0.25) is 14.7 Å². The van der Waals surface area contributed by atoms with E-state index in [1.165, 1.54) is 16.0 Å². The van der Waals surface area contributed by atoms with Crippen molar-refractivity contribution in [1.29, 1.82) is 0 Å². The zero-order valence-corrected chi connectivity index (χ0v) is 17.1. The van der Waals surface area contributed by atoms with Gasteiger partial charge >= 0.3 is 0 Å². The number of imidazole rings is 1. The van der Waals surface area contributed by atoms with Crippen LogP contribution in [0.2, 0.25) is 0 Å². The Morgan fingerprint density at radius 2 is 2.25 bits per heavy atom. The number of carbonyl (C=O) groups is 1. The summed E-state index contributed by atoms with van der Waals surface area (Å²) in [7, 11) is 1.83. The first kappa shape index (κ1) is 18.8. The minimum Gasteiger partial charge on any atom is -0.347 e. The van der Waals surface area contributed by atoms with Gasteiger partial charge in [-0.15, -0.1) is 11.3 Å². The average Bonchev–Trinajstić information content (AvgIpc) is 3.37. The van der Waals surface area contributed by atoms with E-state index < -0.39 is 0 Å². The van der Waals surface area contributed by atoms with Crippen molar-refractivity contribution < 1.29 is 4.79 Å². The lowest BCUT2D eigenvalue weighted by atomic mass is 10.0. The van der Waals surface area contributed by atoms with Gasteiger partial charge < -0.3 is 9.88 Å². The van der Waals surface area contributed by atoms with Crippen LogP contribution in [0.3, 0.4) is 0 Å². The van der Waals surface area contributed by atoms with Crippen LogP contribution >= 0.6 is 11.3 Å². The number of aromatic amines is 1. The molecule has 0 unspecified atom stereocenters. The third-order valence-electron chi connectivity index (χ3n) is 5.22. The van der Waals surface area contributed by atoms with Crippen LogP contribution in [0.25, 0.3) is 0 Å². The van der Waals surface area contributed by atoms with E-state index >= 15 is 0 Å². The lowest BCUT2D eigenvalue weighted by molar-refractivity contribution is 0.0780. The molecule has 0 aliphatic carbocycles. The summed E-state index contributed by atoms with van der Waals surface area (Å²) in [4.78, 5) is 30.2. The summed E-state index contributed by atoms with van der Waals surface area (Å²) in [5.74, 6) is 0.867. The third kappa shape index (κ3) is 4.00. The number of amides is 1. The van der Waals surface area contributed by atoms with Gasteiger partial charge in [0.25, 0.3) is 5.91 Å². The van der Waals surface area contributed by atoms with Crippen LogP contribution in [0.5, 0.6) is 0 Å². The summed E-state index contributed by atoms with van der Waals surface area (Å²) in [5.41, 5.74) is 4.43. The molecule has 1 amide bonds. The van der Waals surface area contributed by atoms with E-state index in [0.717, 1.165) is 49.6 Å². The molecule has 1 aliphatic rings. The Kier molecular flexibility index (Phi) is 5.54. The Balaban J connectivity index is 1.41. The number of nitrogens with zero attached hydrogens (tertiary/aromatic N) is 4. The van der Waals surface area contributed by atoms with Gasteiger partial charge in [0.15, 0.2) is 0 Å². The van der Waals surface area contributed by atoms with E-state index in [4.69, 9.17) is 0 Å². The summed E-state index contributed by atoms with van der Waals surface area (Å²) >= 11 is 1.69. The van der Waals surface area contributed by atoms with Crippen molar-refractivity contribution >= 4 is 17.2 Å². The molecule has 4 heterocycles. The van der Waals surface area contributed by atoms with Gasteiger partial charge in [-0.25, -0.2) is 4.98 Å². The molecule has 1 N–H and O–H groups in total. The minimum atomic E-state index is 0.0687. The predicted octanol–water partition coefficient (Wildman–Crippen LogP) is 3.26. The maximum atomic E-state index is 12.9. The molecule has 6 nitrogen and oxygen atoms in total. The van der Waals surface area contributed by atoms with E-state index in [-0.39, 0.29) is 5.91 Å². The SMILES string of the molecule is CCc1ccc(CN2CCc3c(C(=O)N(C)Cc4ncc[nH]4)csc3C2)nc1. The van der Waals surface area contributed by atoms with Crippen molar-refractivity contribution in [2.45, 2.75) is 39.4 Å². The number of aromatic nitrogens is 3. The summed E-state index contributed by atoms with van der Waals surface area (Å²) < 4.78 is 0. The molecule has 0 fully saturated rings. The van der Waals surface area contributed by atoms with Crippen LogP contribution < -0.4 is 0 Å². The largest absolute Gasteiger partial charge is 0.347 e. The van der Waals surface area contributed by atoms with E-state index in [9.17, 15) is 4.79 Å². The molecule has 3 aromatic rings. The van der Waals surface area contributed by atoms with Gasteiger partial charge in [0.05, 0.1) is 17.8 Å². The van der Waals surface area contributed by atoms with Crippen LogP contribution in [0.15, 0.2) is 36.1 Å². The molecule has 0 aromatic carbocycles. The molecule has 1 aliphatic heterocycles. The van der Waals surface area contributed by atoms with Gasteiger partial charge in [0, 0.05) is 55.5 Å². The molecule has 0 saturated carbocycles. The number of pyridine rings is 1. The Hall–Kier alpha value is -2.51. The van der Waals surface area contributed by atoms with Crippen LogP contribution in [0, 0.1) is 0 Å². The van der Waals surface area contributed by atoms with E-state index in [1.807, 2.05) is 18.6 Å². The van der Waals surface area contributed by atoms with Crippen molar-refractivity contribution in [3.05, 3.63) is 69.2 Å². The lowest BCUT2D eigenvalue weighted by Gasteiger charge is -2.27. The molecular formula is C21H25N5OS. The molecular weight excluding hydrogens is 370 g/mol. The highest BCUT2D eigenvalue weighted by Crippen LogP contribution is 2.30. The molecule has 146 valence electrons. The number of hydrogen-bond donors (Lipinski definition) is 1. The normalized spacial score (nSPS) is 14.1. The number of nitrogens with one attached hydrogen (secondary N) is 1. The van der Waals surface area contributed by atoms with Crippen molar-refractivity contribution in [3.63, 3.8) is 0 Å². The molecule has 28 heavy (non-hydrogen) atoms. The minimum absolute atomic E-state index is 0.0687. The van der Waals surface area contributed by atoms with Crippen LogP contribution in [0.1, 0.15) is 44.8 Å². The molecule has 0 spiro atoms. The molecule has 0 atom stereocenters. The molecule has 0 saturated heterocycles. The molecule has 3 aromatic heterocycles. The summed E-state index contributed by atoms with van der Waals surface area (Å²) in [5, 5.41) is 2.02. The first-order valence-electron chi connectivity index (χ1n) is 9.63. The predicted molar refractivity (Wildman–Crippen MR) is 110 cm³/mol. The number of rotatable bonds is 6. The highest BCUT2D eigenvalue weighted by Gasteiger charge is 2.25. The highest BCUT2D eigenvalue weighted by molar-refractivity contribution is 7.10. The first-order valence-corrected chi connectivity index (χ1v) is 10.5. The molecule has 4 rings (SSSR count). The Morgan fingerprint density at radius 1 is 1.36 bits per heavy atom. The molecule has 0 radical (unpaired) electrons. The molecule has 7 heteroatoms. The fraction of sp³-hybridized carbons (Fsp3) is 0.381. The Morgan fingerprint density at radius 3 is 2.96 bits per heavy atom. The number of hydrogen-bond acceptors (Lipinski definition) is 5. The number of carbonyl (C=O) groups excluding carboxylic acids is 1. The standard InChI is InChI=1S/C21H25N5OS/c1-3-15-4-5-16(24-10-15)11-26-9-6-17-18(14-28-19(17)12-26)21(27)25(2)13-20-22-7-8-23-20/h4-5,7-8,10,14H,3,6,9,11-13H2,1-2H3,(H,22,23). The number of H-pyrrole nitrogens is 1. The van der Waals surface area contributed by atoms with Gasteiger partial charge in [0.2, 0.25) is 0 Å². The Labute approximate surface area is 169 Å². The zero-order chi connectivity index (χ0) is 19.5. The average molecular weight is 396 g/mol. The maximum Gasteiger partial charge on any atom is 0.255 e. The number of aryl methyl sites for hydroxylation is 1. The lowest BCUT2D eigenvalue weighted by Crippen LogP contribution is -2.32. The Bertz CT molecular complexity index is 932. The van der Waals surface area contributed by atoms with Crippen LogP contribution in [0.4, 0.5) is 0 Å². The second-order valence-corrected chi connectivity index (χ2v) is 8.18. The molecule has 0 bridgehead atoms. The third-order valence-corrected chi connectivity index (χ3v) is 6.24. The van der Waals surface area contributed by atoms with E-state index in [0.29, 0.717) is 6.54 Å². The fourth-order valence-corrected chi connectivity index (χ4v) is 4.68. The van der Waals surface area contributed by atoms with Gasteiger partial charge in [-0.1, -0.05) is 13.0 Å². The topological polar surface area (TPSA) is 65.1 Å². The second kappa shape index (κ2) is 8.24. The van der Waals surface area contributed by atoms with Crippen molar-refractivity contribution in [2.24, 2.45) is 0 Å². The monoisotopic (exact) mass is 395 g/mol. The van der Waals surface area contributed by atoms with Gasteiger partial charge in [-0.2, -0.15) is 0 Å². The zero-order valence-electron chi connectivity index (χ0n) is 16.3.